The number of aliphatic hydroxyl groups excluding tert-OH is 1. The van der Waals surface area contributed by atoms with Gasteiger partial charge in [-0.05, 0) is 12.8 Å². The molecule has 0 saturated carbocycles. The number of rotatable bonds is 8. The van der Waals surface area contributed by atoms with Crippen molar-refractivity contribution in [1.82, 2.24) is 4.90 Å². The van der Waals surface area contributed by atoms with E-state index in [1.54, 1.807) is 0 Å². The van der Waals surface area contributed by atoms with E-state index in [0.717, 1.165) is 39.1 Å². The van der Waals surface area contributed by atoms with Crippen LogP contribution in [-0.4, -0.2) is 68.7 Å². The van der Waals surface area contributed by atoms with Crippen molar-refractivity contribution < 1.29 is 14.6 Å². The second-order valence-corrected chi connectivity index (χ2v) is 4.09. The largest absolute Gasteiger partial charge is 0.393 e. The minimum Gasteiger partial charge on any atom is -0.393 e. The standard InChI is InChI=1S/C11H24N2O3/c12-3-7-15-9-10-16-8-6-13-4-1-11(14)2-5-13/h11,14H,1-10,12H2. The predicted molar refractivity (Wildman–Crippen MR) is 62.4 cm³/mol. The van der Waals surface area contributed by atoms with Crippen molar-refractivity contribution in [2.75, 3.05) is 52.6 Å². The minimum absolute atomic E-state index is 0.0955. The first-order valence-corrected chi connectivity index (χ1v) is 6.09. The fourth-order valence-electron chi connectivity index (χ4n) is 1.74. The number of hydrogen-bond acceptors (Lipinski definition) is 5. The maximum Gasteiger partial charge on any atom is 0.0701 e. The zero-order chi connectivity index (χ0) is 11.6. The number of aliphatic hydroxyl groups is 1. The summed E-state index contributed by atoms with van der Waals surface area (Å²) >= 11 is 0. The maximum absolute atomic E-state index is 9.33. The first-order chi connectivity index (χ1) is 7.83. The van der Waals surface area contributed by atoms with Crippen molar-refractivity contribution in [1.29, 1.82) is 0 Å². The Morgan fingerprint density at radius 1 is 1.06 bits per heavy atom. The molecule has 0 spiro atoms. The van der Waals surface area contributed by atoms with Crippen molar-refractivity contribution in [2.45, 2.75) is 18.9 Å². The zero-order valence-corrected chi connectivity index (χ0v) is 9.94. The molecule has 0 radical (unpaired) electrons. The van der Waals surface area contributed by atoms with Gasteiger partial charge >= 0.3 is 0 Å². The fourth-order valence-corrected chi connectivity index (χ4v) is 1.74. The van der Waals surface area contributed by atoms with E-state index in [9.17, 15) is 5.11 Å². The topological polar surface area (TPSA) is 68.0 Å². The Morgan fingerprint density at radius 3 is 2.31 bits per heavy atom. The first kappa shape index (κ1) is 13.9. The molecular weight excluding hydrogens is 208 g/mol. The van der Waals surface area contributed by atoms with Crippen LogP contribution in [0.2, 0.25) is 0 Å². The molecule has 1 saturated heterocycles. The molecule has 0 amide bonds. The van der Waals surface area contributed by atoms with E-state index in [-0.39, 0.29) is 6.10 Å². The molecule has 0 aromatic heterocycles. The lowest BCUT2D eigenvalue weighted by molar-refractivity contribution is 0.0285. The van der Waals surface area contributed by atoms with Crippen LogP contribution in [0.4, 0.5) is 0 Å². The van der Waals surface area contributed by atoms with Crippen molar-refractivity contribution in [3.63, 3.8) is 0 Å². The van der Waals surface area contributed by atoms with Gasteiger partial charge in [0, 0.05) is 26.2 Å². The van der Waals surface area contributed by atoms with Crippen LogP contribution in [0.15, 0.2) is 0 Å². The van der Waals surface area contributed by atoms with E-state index in [4.69, 9.17) is 15.2 Å². The van der Waals surface area contributed by atoms with Crippen LogP contribution in [0.5, 0.6) is 0 Å². The molecule has 5 nitrogen and oxygen atoms in total. The molecule has 0 aromatic carbocycles. The molecular formula is C11H24N2O3. The lowest BCUT2D eigenvalue weighted by Crippen LogP contribution is -2.37. The summed E-state index contributed by atoms with van der Waals surface area (Å²) in [4.78, 5) is 2.33. The summed E-state index contributed by atoms with van der Waals surface area (Å²) in [6.07, 6.45) is 1.68. The Bertz CT molecular complexity index is 161. The number of hydrogen-bond donors (Lipinski definition) is 2. The van der Waals surface area contributed by atoms with E-state index in [2.05, 4.69) is 4.90 Å². The average Bonchev–Trinajstić information content (AvgIpc) is 2.30. The summed E-state index contributed by atoms with van der Waals surface area (Å²) in [6, 6.07) is 0. The van der Waals surface area contributed by atoms with Gasteiger partial charge in [0.2, 0.25) is 0 Å². The third-order valence-corrected chi connectivity index (χ3v) is 2.74. The molecule has 16 heavy (non-hydrogen) atoms. The lowest BCUT2D eigenvalue weighted by atomic mass is 10.1. The third kappa shape index (κ3) is 6.40. The number of likely N-dealkylation sites (tertiary alicyclic amines) is 1. The summed E-state index contributed by atoms with van der Waals surface area (Å²) in [5.41, 5.74) is 5.29. The minimum atomic E-state index is -0.0955. The molecule has 0 aromatic rings. The van der Waals surface area contributed by atoms with Crippen LogP contribution in [-0.2, 0) is 9.47 Å². The summed E-state index contributed by atoms with van der Waals surface area (Å²) in [5, 5.41) is 9.33. The second-order valence-electron chi connectivity index (χ2n) is 4.09. The van der Waals surface area contributed by atoms with Crippen LogP contribution in [0.3, 0.4) is 0 Å². The first-order valence-electron chi connectivity index (χ1n) is 6.09. The Morgan fingerprint density at radius 2 is 1.69 bits per heavy atom. The van der Waals surface area contributed by atoms with Gasteiger partial charge in [-0.1, -0.05) is 0 Å². The summed E-state index contributed by atoms with van der Waals surface area (Å²) in [5.74, 6) is 0. The quantitative estimate of drug-likeness (QED) is 0.549. The van der Waals surface area contributed by atoms with Gasteiger partial charge in [0.25, 0.3) is 0 Å². The molecule has 1 fully saturated rings. The molecule has 1 rings (SSSR count). The SMILES string of the molecule is NCCOCCOCCN1CCC(O)CC1. The van der Waals surface area contributed by atoms with Crippen molar-refractivity contribution >= 4 is 0 Å². The van der Waals surface area contributed by atoms with Gasteiger partial charge < -0.3 is 25.2 Å². The van der Waals surface area contributed by atoms with E-state index >= 15 is 0 Å². The van der Waals surface area contributed by atoms with Crippen LogP contribution < -0.4 is 5.73 Å². The molecule has 0 atom stereocenters. The van der Waals surface area contributed by atoms with E-state index in [0.29, 0.717) is 26.4 Å². The van der Waals surface area contributed by atoms with E-state index in [1.807, 2.05) is 0 Å². The van der Waals surface area contributed by atoms with Crippen LogP contribution in [0, 0.1) is 0 Å². The molecule has 0 aliphatic carbocycles. The molecule has 1 aliphatic rings. The van der Waals surface area contributed by atoms with E-state index in [1.165, 1.54) is 0 Å². The number of nitrogens with two attached hydrogens (primary N) is 1. The van der Waals surface area contributed by atoms with E-state index < -0.39 is 0 Å². The molecule has 1 aliphatic heterocycles. The third-order valence-electron chi connectivity index (χ3n) is 2.74. The monoisotopic (exact) mass is 232 g/mol. The van der Waals surface area contributed by atoms with Crippen LogP contribution >= 0.6 is 0 Å². The van der Waals surface area contributed by atoms with Crippen LogP contribution in [0.1, 0.15) is 12.8 Å². The molecule has 0 unspecified atom stereocenters. The van der Waals surface area contributed by atoms with Gasteiger partial charge in [-0.25, -0.2) is 0 Å². The Kier molecular flexibility index (Phi) is 7.71. The smallest absolute Gasteiger partial charge is 0.0701 e. The molecule has 1 heterocycles. The Labute approximate surface area is 97.5 Å². The lowest BCUT2D eigenvalue weighted by Gasteiger charge is -2.29. The highest BCUT2D eigenvalue weighted by molar-refractivity contribution is 4.70. The van der Waals surface area contributed by atoms with Gasteiger partial charge in [-0.3, -0.25) is 0 Å². The van der Waals surface area contributed by atoms with Gasteiger partial charge in [0.05, 0.1) is 32.5 Å². The zero-order valence-electron chi connectivity index (χ0n) is 9.94. The average molecular weight is 232 g/mol. The second kappa shape index (κ2) is 8.90. The highest BCUT2D eigenvalue weighted by Gasteiger charge is 2.15. The van der Waals surface area contributed by atoms with Crippen molar-refractivity contribution in [2.24, 2.45) is 5.73 Å². The van der Waals surface area contributed by atoms with Gasteiger partial charge in [0.15, 0.2) is 0 Å². The molecule has 5 heteroatoms. The molecule has 0 bridgehead atoms. The summed E-state index contributed by atoms with van der Waals surface area (Å²) in [7, 11) is 0. The fraction of sp³-hybridized carbons (Fsp3) is 1.00. The number of piperidine rings is 1. The van der Waals surface area contributed by atoms with Crippen LogP contribution in [0.25, 0.3) is 0 Å². The summed E-state index contributed by atoms with van der Waals surface area (Å²) < 4.78 is 10.6. The number of nitrogens with zero attached hydrogens (tertiary/aromatic N) is 1. The normalized spacial score (nSPS) is 19.1. The highest BCUT2D eigenvalue weighted by atomic mass is 16.5. The number of ether oxygens (including phenoxy) is 2. The van der Waals surface area contributed by atoms with Gasteiger partial charge in [-0.2, -0.15) is 0 Å². The Hall–Kier alpha value is -0.200. The van der Waals surface area contributed by atoms with Gasteiger partial charge in [-0.15, -0.1) is 0 Å². The van der Waals surface area contributed by atoms with Crippen molar-refractivity contribution in [3.8, 4) is 0 Å². The predicted octanol–water partition coefficient (Wildman–Crippen LogP) is -0.565. The molecule has 96 valence electrons. The highest BCUT2D eigenvalue weighted by Crippen LogP contribution is 2.08. The maximum atomic E-state index is 9.33. The van der Waals surface area contributed by atoms with Crippen molar-refractivity contribution in [3.05, 3.63) is 0 Å². The summed E-state index contributed by atoms with van der Waals surface area (Å²) in [6.45, 7) is 6.07. The Balaban J connectivity index is 1.84. The molecule has 3 N–H and O–H groups in total. The van der Waals surface area contributed by atoms with Gasteiger partial charge in [0.1, 0.15) is 0 Å².